The second-order valence-electron chi connectivity index (χ2n) is 7.24. The van der Waals surface area contributed by atoms with Crippen molar-refractivity contribution >= 4 is 17.6 Å². The van der Waals surface area contributed by atoms with Crippen LogP contribution >= 0.6 is 0 Å². The van der Waals surface area contributed by atoms with Gasteiger partial charge in [0.15, 0.2) is 0 Å². The number of esters is 1. The van der Waals surface area contributed by atoms with E-state index in [1.807, 2.05) is 66.7 Å². The second kappa shape index (κ2) is 8.31. The second-order valence-corrected chi connectivity index (χ2v) is 7.24. The molecular weight excluding hydrogens is 362 g/mol. The minimum absolute atomic E-state index is 0.0457. The Morgan fingerprint density at radius 2 is 1.59 bits per heavy atom. The Labute approximate surface area is 170 Å². The number of carbonyl (C=O) groups is 2. The van der Waals surface area contributed by atoms with Gasteiger partial charge < -0.3 is 9.64 Å². The molecule has 0 aliphatic carbocycles. The lowest BCUT2D eigenvalue weighted by molar-refractivity contribution is -0.139. The van der Waals surface area contributed by atoms with Crippen LogP contribution in [0.3, 0.4) is 0 Å². The molecular formula is C25H23NO3. The van der Waals surface area contributed by atoms with Crippen molar-refractivity contribution < 1.29 is 14.3 Å². The van der Waals surface area contributed by atoms with E-state index in [4.69, 9.17) is 4.74 Å². The van der Waals surface area contributed by atoms with Crippen LogP contribution in [0.5, 0.6) is 5.75 Å². The number of aryl methyl sites for hydroxylation is 1. The zero-order valence-corrected chi connectivity index (χ0v) is 16.4. The highest BCUT2D eigenvalue weighted by Crippen LogP contribution is 2.28. The fourth-order valence-electron chi connectivity index (χ4n) is 3.57. The number of ether oxygens (including phenoxy) is 1. The van der Waals surface area contributed by atoms with Gasteiger partial charge in [-0.05, 0) is 47.4 Å². The summed E-state index contributed by atoms with van der Waals surface area (Å²) in [6.07, 6.45) is 1.13. The first-order valence-electron chi connectivity index (χ1n) is 9.90. The van der Waals surface area contributed by atoms with Crippen LogP contribution in [-0.2, 0) is 16.0 Å². The van der Waals surface area contributed by atoms with Gasteiger partial charge in [-0.3, -0.25) is 9.59 Å². The number of rotatable bonds is 5. The van der Waals surface area contributed by atoms with Crippen molar-refractivity contribution in [1.29, 1.82) is 0 Å². The van der Waals surface area contributed by atoms with Crippen LogP contribution in [0.4, 0.5) is 5.69 Å². The molecule has 4 heteroatoms. The lowest BCUT2D eigenvalue weighted by Crippen LogP contribution is -2.27. The minimum atomic E-state index is -0.456. The molecule has 1 fully saturated rings. The first kappa shape index (κ1) is 18.9. The summed E-state index contributed by atoms with van der Waals surface area (Å²) in [6, 6.07) is 25.4. The molecule has 4 nitrogen and oxygen atoms in total. The number of benzene rings is 3. The molecule has 29 heavy (non-hydrogen) atoms. The van der Waals surface area contributed by atoms with E-state index in [-0.39, 0.29) is 18.3 Å². The number of anilines is 1. The smallest absolute Gasteiger partial charge is 0.316 e. The van der Waals surface area contributed by atoms with Crippen molar-refractivity contribution in [3.63, 3.8) is 0 Å². The molecule has 0 bridgehead atoms. The molecule has 0 radical (unpaired) electrons. The van der Waals surface area contributed by atoms with Crippen LogP contribution in [0.2, 0.25) is 0 Å². The van der Waals surface area contributed by atoms with Crippen LogP contribution < -0.4 is 9.64 Å². The first-order valence-corrected chi connectivity index (χ1v) is 9.90. The molecule has 1 saturated heterocycles. The summed E-state index contributed by atoms with van der Waals surface area (Å²) >= 11 is 0. The van der Waals surface area contributed by atoms with Gasteiger partial charge in [0.2, 0.25) is 5.91 Å². The summed E-state index contributed by atoms with van der Waals surface area (Å²) in [5, 5.41) is 0. The van der Waals surface area contributed by atoms with Gasteiger partial charge in [0.05, 0.1) is 5.92 Å². The van der Waals surface area contributed by atoms with Crippen molar-refractivity contribution in [1.82, 2.24) is 0 Å². The van der Waals surface area contributed by atoms with Gasteiger partial charge in [0, 0.05) is 18.7 Å². The first-order chi connectivity index (χ1) is 14.1. The van der Waals surface area contributed by atoms with Crippen molar-refractivity contribution in [2.75, 3.05) is 11.4 Å². The molecule has 1 aliphatic heterocycles. The van der Waals surface area contributed by atoms with Crippen LogP contribution in [-0.4, -0.2) is 18.4 Å². The van der Waals surface area contributed by atoms with Gasteiger partial charge in [-0.1, -0.05) is 61.5 Å². The highest BCUT2D eigenvalue weighted by molar-refractivity contribution is 5.99. The van der Waals surface area contributed by atoms with E-state index in [9.17, 15) is 9.59 Å². The predicted molar refractivity (Wildman–Crippen MR) is 114 cm³/mol. The molecule has 0 unspecified atom stereocenters. The Morgan fingerprint density at radius 3 is 2.24 bits per heavy atom. The molecule has 0 aromatic heterocycles. The zero-order chi connectivity index (χ0) is 20.2. The third-order valence-electron chi connectivity index (χ3n) is 5.29. The Balaban J connectivity index is 1.40. The van der Waals surface area contributed by atoms with E-state index in [0.717, 1.165) is 23.2 Å². The fraction of sp³-hybridized carbons (Fsp3) is 0.200. The van der Waals surface area contributed by atoms with E-state index >= 15 is 0 Å². The summed E-state index contributed by atoms with van der Waals surface area (Å²) < 4.78 is 5.54. The van der Waals surface area contributed by atoms with E-state index in [2.05, 4.69) is 6.92 Å². The predicted octanol–water partition coefficient (Wildman–Crippen LogP) is 4.87. The molecule has 3 aromatic rings. The van der Waals surface area contributed by atoms with E-state index < -0.39 is 5.92 Å². The van der Waals surface area contributed by atoms with Gasteiger partial charge in [-0.15, -0.1) is 0 Å². The van der Waals surface area contributed by atoms with E-state index in [0.29, 0.717) is 12.3 Å². The molecule has 3 aromatic carbocycles. The Hall–Kier alpha value is -3.40. The lowest BCUT2D eigenvalue weighted by Gasteiger charge is -2.17. The molecule has 1 heterocycles. The van der Waals surface area contributed by atoms with Gasteiger partial charge >= 0.3 is 5.97 Å². The highest BCUT2D eigenvalue weighted by atomic mass is 16.5. The normalized spacial score (nSPS) is 16.1. The zero-order valence-electron chi connectivity index (χ0n) is 16.4. The maximum atomic E-state index is 12.6. The van der Waals surface area contributed by atoms with Crippen molar-refractivity contribution in [3.05, 3.63) is 84.4 Å². The summed E-state index contributed by atoms with van der Waals surface area (Å²) in [6.45, 7) is 2.44. The quantitative estimate of drug-likeness (QED) is 0.465. The van der Waals surface area contributed by atoms with Crippen LogP contribution in [0, 0.1) is 5.92 Å². The maximum Gasteiger partial charge on any atom is 0.316 e. The summed E-state index contributed by atoms with van der Waals surface area (Å²) in [5.41, 5.74) is 4.21. The Kier molecular flexibility index (Phi) is 5.43. The molecule has 1 atom stereocenters. The summed E-state index contributed by atoms with van der Waals surface area (Å²) in [7, 11) is 0. The molecule has 0 saturated carbocycles. The Morgan fingerprint density at radius 1 is 0.931 bits per heavy atom. The monoisotopic (exact) mass is 385 g/mol. The van der Waals surface area contributed by atoms with Crippen molar-refractivity contribution in [2.45, 2.75) is 19.8 Å². The van der Waals surface area contributed by atoms with Crippen molar-refractivity contribution in [2.24, 2.45) is 5.92 Å². The number of amides is 1. The van der Waals surface area contributed by atoms with Gasteiger partial charge in [0.25, 0.3) is 0 Å². The van der Waals surface area contributed by atoms with Gasteiger partial charge in [-0.25, -0.2) is 0 Å². The highest BCUT2D eigenvalue weighted by Gasteiger charge is 2.36. The van der Waals surface area contributed by atoms with Gasteiger partial charge in [0.1, 0.15) is 5.75 Å². The number of nitrogens with zero attached hydrogens (tertiary/aromatic N) is 1. The molecule has 4 rings (SSSR count). The SMILES string of the molecule is CCc1ccc(N2C[C@H](C(=O)Oc3ccc(-c4ccccc4)cc3)CC2=O)cc1. The van der Waals surface area contributed by atoms with Crippen LogP contribution in [0.15, 0.2) is 78.9 Å². The van der Waals surface area contributed by atoms with Crippen LogP contribution in [0.1, 0.15) is 18.9 Å². The standard InChI is InChI=1S/C25H23NO3/c1-2-18-8-12-22(13-9-18)26-17-21(16-24(26)27)25(28)29-23-14-10-20(11-15-23)19-6-4-3-5-7-19/h3-15,21H,2,16-17H2,1H3/t21-/m1/s1. The number of carbonyl (C=O) groups excluding carboxylic acids is 2. The average molecular weight is 385 g/mol. The topological polar surface area (TPSA) is 46.6 Å². The maximum absolute atomic E-state index is 12.6. The van der Waals surface area contributed by atoms with Crippen LogP contribution in [0.25, 0.3) is 11.1 Å². The third-order valence-corrected chi connectivity index (χ3v) is 5.29. The minimum Gasteiger partial charge on any atom is -0.426 e. The van der Waals surface area contributed by atoms with E-state index in [1.54, 1.807) is 17.0 Å². The molecule has 1 amide bonds. The number of hydrogen-bond donors (Lipinski definition) is 0. The van der Waals surface area contributed by atoms with Gasteiger partial charge in [-0.2, -0.15) is 0 Å². The molecule has 0 N–H and O–H groups in total. The third kappa shape index (κ3) is 4.21. The summed E-state index contributed by atoms with van der Waals surface area (Å²) in [4.78, 5) is 26.7. The summed E-state index contributed by atoms with van der Waals surface area (Å²) in [5.74, 6) is -0.371. The fourth-order valence-corrected chi connectivity index (χ4v) is 3.57. The van der Waals surface area contributed by atoms with Crippen molar-refractivity contribution in [3.8, 4) is 16.9 Å². The van der Waals surface area contributed by atoms with E-state index in [1.165, 1.54) is 5.56 Å². The molecule has 1 aliphatic rings. The number of hydrogen-bond acceptors (Lipinski definition) is 3. The average Bonchev–Trinajstić information content (AvgIpc) is 3.17. The lowest BCUT2D eigenvalue weighted by atomic mass is 10.1. The molecule has 146 valence electrons. The largest absolute Gasteiger partial charge is 0.426 e. The Bertz CT molecular complexity index is 995. The molecule has 0 spiro atoms.